The second-order valence-electron chi connectivity index (χ2n) is 5.01. The molecule has 7 nitrogen and oxygen atoms in total. The van der Waals surface area contributed by atoms with Gasteiger partial charge < -0.3 is 20.1 Å². The van der Waals surface area contributed by atoms with E-state index < -0.39 is 51.9 Å². The molecule has 1 heterocycles. The van der Waals surface area contributed by atoms with Crippen LogP contribution in [0.25, 0.3) is 0 Å². The number of rotatable bonds is 4. The van der Waals surface area contributed by atoms with Crippen LogP contribution in [0.2, 0.25) is 0 Å². The summed E-state index contributed by atoms with van der Waals surface area (Å²) in [5, 5.41) is 29.0. The van der Waals surface area contributed by atoms with E-state index in [1.54, 1.807) is 0 Å². The molecule has 0 aromatic carbocycles. The van der Waals surface area contributed by atoms with Crippen LogP contribution in [-0.4, -0.2) is 67.3 Å². The van der Waals surface area contributed by atoms with Crippen LogP contribution in [0, 0.1) is 0 Å². The highest BCUT2D eigenvalue weighted by molar-refractivity contribution is 9.09. The highest BCUT2D eigenvalue weighted by atomic mass is 79.9. The van der Waals surface area contributed by atoms with E-state index in [1.165, 1.54) is 0 Å². The minimum atomic E-state index is -3.16. The van der Waals surface area contributed by atoms with Crippen LogP contribution in [0.5, 0.6) is 0 Å². The minimum Gasteiger partial charge on any atom is -0.382 e. The zero-order valence-electron chi connectivity index (χ0n) is 11.5. The molecule has 0 amide bonds. The van der Waals surface area contributed by atoms with E-state index in [0.29, 0.717) is 0 Å². The standard InChI is InChI=1S/C12H16BrFO7/c1-4(15)7(18)9-12(20,6(3)17)11(19,5(2)16)8(14)10(13)21-9/h7-10,18-20H,1-3H3/t7?,8-,9+,10-,11+,12+/m0/s1. The van der Waals surface area contributed by atoms with Crippen molar-refractivity contribution < 1.29 is 38.8 Å². The van der Waals surface area contributed by atoms with Crippen molar-refractivity contribution in [3.8, 4) is 0 Å². The maximum Gasteiger partial charge on any atom is 0.196 e. The third kappa shape index (κ3) is 2.46. The third-order valence-corrected chi connectivity index (χ3v) is 4.36. The first-order valence-electron chi connectivity index (χ1n) is 6.01. The highest BCUT2D eigenvalue weighted by Gasteiger charge is 2.71. The Bertz CT molecular complexity index is 484. The van der Waals surface area contributed by atoms with Gasteiger partial charge in [-0.25, -0.2) is 4.39 Å². The lowest BCUT2D eigenvalue weighted by Crippen LogP contribution is -2.79. The van der Waals surface area contributed by atoms with Crippen molar-refractivity contribution in [3.05, 3.63) is 0 Å². The molecule has 9 heteroatoms. The van der Waals surface area contributed by atoms with Crippen molar-refractivity contribution in [2.45, 2.75) is 55.4 Å². The molecule has 120 valence electrons. The smallest absolute Gasteiger partial charge is 0.196 e. The van der Waals surface area contributed by atoms with Crippen LogP contribution in [0.4, 0.5) is 4.39 Å². The first kappa shape index (κ1) is 18.3. The van der Waals surface area contributed by atoms with E-state index in [9.17, 15) is 34.1 Å². The average molecular weight is 371 g/mol. The number of alkyl halides is 2. The third-order valence-electron chi connectivity index (χ3n) is 3.68. The second kappa shape index (κ2) is 5.81. The summed E-state index contributed by atoms with van der Waals surface area (Å²) in [4.78, 5) is 34.8. The Morgan fingerprint density at radius 3 is 1.90 bits per heavy atom. The molecule has 3 N–H and O–H groups in total. The molecule has 0 aliphatic carbocycles. The molecule has 0 radical (unpaired) electrons. The SMILES string of the molecule is CC(=O)C(O)[C@H]1O[C@H](Br)[C@H](F)[C@](O)(C(C)=O)[C@@]1(O)C(C)=O. The monoisotopic (exact) mass is 370 g/mol. The molecule has 1 aliphatic rings. The Morgan fingerprint density at radius 2 is 1.57 bits per heavy atom. The van der Waals surface area contributed by atoms with E-state index in [0.717, 1.165) is 20.8 Å². The summed E-state index contributed by atoms with van der Waals surface area (Å²) in [7, 11) is 0. The lowest BCUT2D eigenvalue weighted by Gasteiger charge is -2.51. The molecule has 0 aromatic rings. The number of carbonyl (C=O) groups excluding carboxylic acids is 3. The number of ketones is 3. The van der Waals surface area contributed by atoms with Gasteiger partial charge in [-0.15, -0.1) is 0 Å². The van der Waals surface area contributed by atoms with E-state index in [4.69, 9.17) is 4.74 Å². The zero-order valence-corrected chi connectivity index (χ0v) is 13.1. The van der Waals surface area contributed by atoms with Gasteiger partial charge in [0.05, 0.1) is 0 Å². The van der Waals surface area contributed by atoms with E-state index in [-0.39, 0.29) is 0 Å². The van der Waals surface area contributed by atoms with E-state index in [2.05, 4.69) is 15.9 Å². The summed E-state index contributed by atoms with van der Waals surface area (Å²) in [6.07, 6.45) is -6.52. The largest absolute Gasteiger partial charge is 0.382 e. The Morgan fingerprint density at radius 1 is 1.14 bits per heavy atom. The number of aliphatic hydroxyl groups excluding tert-OH is 1. The summed E-state index contributed by atoms with van der Waals surface area (Å²) in [6.45, 7) is 2.52. The molecule has 0 bridgehead atoms. The minimum absolute atomic E-state index is 0.780. The first-order chi connectivity index (χ1) is 9.42. The molecule has 21 heavy (non-hydrogen) atoms. The molecule has 0 aromatic heterocycles. The van der Waals surface area contributed by atoms with E-state index >= 15 is 0 Å². The van der Waals surface area contributed by atoms with Crippen molar-refractivity contribution in [1.82, 2.24) is 0 Å². The number of aliphatic hydroxyl groups is 3. The van der Waals surface area contributed by atoms with Crippen LogP contribution >= 0.6 is 15.9 Å². The Hall–Kier alpha value is -0.740. The maximum absolute atomic E-state index is 14.2. The Balaban J connectivity index is 3.57. The van der Waals surface area contributed by atoms with Crippen molar-refractivity contribution in [1.29, 1.82) is 0 Å². The lowest BCUT2D eigenvalue weighted by molar-refractivity contribution is -0.276. The van der Waals surface area contributed by atoms with Gasteiger partial charge >= 0.3 is 0 Å². The zero-order chi connectivity index (χ0) is 16.7. The normalized spacial score (nSPS) is 41.4. The molecule has 1 rings (SSSR count). The van der Waals surface area contributed by atoms with Crippen molar-refractivity contribution in [2.75, 3.05) is 0 Å². The van der Waals surface area contributed by atoms with Crippen LogP contribution in [0.15, 0.2) is 0 Å². The molecule has 6 atom stereocenters. The fraction of sp³-hybridized carbons (Fsp3) is 0.750. The number of carbonyl (C=O) groups is 3. The Labute approximate surface area is 128 Å². The topological polar surface area (TPSA) is 121 Å². The number of ether oxygens (including phenoxy) is 1. The average Bonchev–Trinajstić information content (AvgIpc) is 2.38. The summed E-state index contributed by atoms with van der Waals surface area (Å²) in [5.41, 5.74) is -6.26. The van der Waals surface area contributed by atoms with Gasteiger partial charge in [-0.2, -0.15) is 0 Å². The molecule has 1 fully saturated rings. The van der Waals surface area contributed by atoms with Gasteiger partial charge in [0.15, 0.2) is 34.7 Å². The van der Waals surface area contributed by atoms with Crippen LogP contribution < -0.4 is 0 Å². The summed E-state index contributed by atoms with van der Waals surface area (Å²) >= 11 is 2.70. The lowest BCUT2D eigenvalue weighted by atomic mass is 9.68. The maximum atomic E-state index is 14.2. The van der Waals surface area contributed by atoms with E-state index in [1.807, 2.05) is 0 Å². The Kier molecular flexibility index (Phi) is 5.06. The summed E-state index contributed by atoms with van der Waals surface area (Å²) < 4.78 is 19.2. The molecule has 1 aliphatic heterocycles. The highest BCUT2D eigenvalue weighted by Crippen LogP contribution is 2.44. The van der Waals surface area contributed by atoms with Gasteiger partial charge in [0.1, 0.15) is 17.2 Å². The fourth-order valence-electron chi connectivity index (χ4n) is 2.37. The molecule has 1 unspecified atom stereocenters. The van der Waals surface area contributed by atoms with Crippen molar-refractivity contribution in [3.63, 3.8) is 0 Å². The van der Waals surface area contributed by atoms with Crippen LogP contribution in [0.3, 0.4) is 0 Å². The van der Waals surface area contributed by atoms with Crippen LogP contribution in [0.1, 0.15) is 20.8 Å². The van der Waals surface area contributed by atoms with Crippen LogP contribution in [-0.2, 0) is 19.1 Å². The second-order valence-corrected chi connectivity index (χ2v) is 5.91. The summed E-state index contributed by atoms with van der Waals surface area (Å²) in [5.74, 6) is -3.34. The molecule has 1 saturated heterocycles. The van der Waals surface area contributed by atoms with Gasteiger partial charge in [0.25, 0.3) is 0 Å². The first-order valence-corrected chi connectivity index (χ1v) is 6.92. The summed E-state index contributed by atoms with van der Waals surface area (Å²) in [6, 6.07) is 0. The van der Waals surface area contributed by atoms with Gasteiger partial charge in [-0.1, -0.05) is 15.9 Å². The molecule has 0 spiro atoms. The molecule has 0 saturated carbocycles. The van der Waals surface area contributed by atoms with Gasteiger partial charge in [-0.3, -0.25) is 14.4 Å². The number of Topliss-reactive ketones (excluding diaryl/α,β-unsaturated/α-hetero) is 3. The number of hydrogen-bond donors (Lipinski definition) is 3. The van der Waals surface area contributed by atoms with Gasteiger partial charge in [-0.05, 0) is 20.8 Å². The van der Waals surface area contributed by atoms with Gasteiger partial charge in [0.2, 0.25) is 0 Å². The van der Waals surface area contributed by atoms with Crippen molar-refractivity contribution >= 4 is 33.3 Å². The predicted octanol–water partition coefficient (Wildman–Crippen LogP) is -0.966. The molecular formula is C12H16BrFO7. The fourth-order valence-corrected chi connectivity index (χ4v) is 2.99. The number of hydrogen-bond acceptors (Lipinski definition) is 7. The van der Waals surface area contributed by atoms with Crippen molar-refractivity contribution in [2.24, 2.45) is 0 Å². The number of halogens is 2. The molecular weight excluding hydrogens is 355 g/mol. The quantitative estimate of drug-likeness (QED) is 0.544. The predicted molar refractivity (Wildman–Crippen MR) is 70.4 cm³/mol. The van der Waals surface area contributed by atoms with Gasteiger partial charge in [0, 0.05) is 0 Å².